The molecule has 0 radical (unpaired) electrons. The second kappa shape index (κ2) is 7.29. The summed E-state index contributed by atoms with van der Waals surface area (Å²) >= 11 is 0. The Labute approximate surface area is 167 Å². The van der Waals surface area contributed by atoms with Gasteiger partial charge < -0.3 is 10.2 Å². The maximum absolute atomic E-state index is 3.81. The normalized spacial score (nSPS) is 18.2. The van der Waals surface area contributed by atoms with Gasteiger partial charge in [0.05, 0.1) is 0 Å². The highest BCUT2D eigenvalue weighted by Gasteiger charge is 2.29. The number of benzene rings is 3. The molecule has 28 heavy (non-hydrogen) atoms. The van der Waals surface area contributed by atoms with Gasteiger partial charge in [-0.15, -0.1) is 0 Å². The zero-order chi connectivity index (χ0) is 18.9. The Balaban J connectivity index is 1.51. The third kappa shape index (κ3) is 3.04. The van der Waals surface area contributed by atoms with Crippen molar-refractivity contribution in [2.45, 2.75) is 31.8 Å². The molecular formula is C26H26N2. The summed E-state index contributed by atoms with van der Waals surface area (Å²) in [6.45, 7) is 0.937. The van der Waals surface area contributed by atoms with Gasteiger partial charge >= 0.3 is 0 Å². The second-order valence-corrected chi connectivity index (χ2v) is 7.86. The van der Waals surface area contributed by atoms with E-state index in [1.165, 1.54) is 45.6 Å². The van der Waals surface area contributed by atoms with Gasteiger partial charge in [0.25, 0.3) is 0 Å². The monoisotopic (exact) mass is 366 g/mol. The zero-order valence-corrected chi connectivity index (χ0v) is 16.4. The Kier molecular flexibility index (Phi) is 4.50. The van der Waals surface area contributed by atoms with Crippen LogP contribution in [0.4, 0.5) is 11.4 Å². The molecule has 1 atom stereocenters. The zero-order valence-electron chi connectivity index (χ0n) is 16.4. The van der Waals surface area contributed by atoms with Crippen molar-refractivity contribution >= 4 is 22.5 Å². The molecule has 0 saturated carbocycles. The van der Waals surface area contributed by atoms with E-state index in [1.807, 2.05) is 0 Å². The summed E-state index contributed by atoms with van der Waals surface area (Å²) in [5.74, 6) is 0. The van der Waals surface area contributed by atoms with Crippen LogP contribution in [0.15, 0.2) is 78.9 Å². The van der Waals surface area contributed by atoms with E-state index in [1.54, 1.807) is 0 Å². The van der Waals surface area contributed by atoms with Crippen LogP contribution in [0.5, 0.6) is 0 Å². The van der Waals surface area contributed by atoms with Crippen molar-refractivity contribution in [1.29, 1.82) is 0 Å². The molecule has 1 N–H and O–H groups in total. The van der Waals surface area contributed by atoms with E-state index in [-0.39, 0.29) is 0 Å². The van der Waals surface area contributed by atoms with Gasteiger partial charge in [-0.05, 0) is 48.1 Å². The van der Waals surface area contributed by atoms with E-state index in [0.717, 1.165) is 19.4 Å². The number of nitrogens with zero attached hydrogens (tertiary/aromatic N) is 1. The van der Waals surface area contributed by atoms with Crippen LogP contribution in [0.2, 0.25) is 0 Å². The number of hydrogen-bond acceptors (Lipinski definition) is 2. The minimum atomic E-state index is 0.516. The van der Waals surface area contributed by atoms with E-state index < -0.39 is 0 Å². The van der Waals surface area contributed by atoms with Gasteiger partial charge in [0.2, 0.25) is 0 Å². The quantitative estimate of drug-likeness (QED) is 0.609. The molecule has 2 heteroatoms. The van der Waals surface area contributed by atoms with Crippen molar-refractivity contribution in [3.05, 3.63) is 95.6 Å². The third-order valence-electron chi connectivity index (χ3n) is 6.18. The third-order valence-corrected chi connectivity index (χ3v) is 6.18. The molecule has 2 nitrogen and oxygen atoms in total. The van der Waals surface area contributed by atoms with Crippen LogP contribution in [-0.2, 0) is 6.54 Å². The maximum Gasteiger partial charge on any atom is 0.0484 e. The predicted octanol–water partition coefficient (Wildman–Crippen LogP) is 6.02. The van der Waals surface area contributed by atoms with Gasteiger partial charge in [-0.2, -0.15) is 0 Å². The first-order valence-electron chi connectivity index (χ1n) is 10.2. The first-order chi connectivity index (χ1) is 13.8. The predicted molar refractivity (Wildman–Crippen MR) is 119 cm³/mol. The van der Waals surface area contributed by atoms with Gasteiger partial charge in [0.15, 0.2) is 0 Å². The van der Waals surface area contributed by atoms with Crippen LogP contribution in [0.1, 0.15) is 36.0 Å². The molecule has 1 unspecified atom stereocenters. The average Bonchev–Trinajstić information content (AvgIpc) is 2.87. The van der Waals surface area contributed by atoms with Crippen LogP contribution in [0.25, 0.3) is 11.1 Å². The maximum atomic E-state index is 3.81. The van der Waals surface area contributed by atoms with Crippen molar-refractivity contribution in [3.8, 4) is 0 Å². The second-order valence-electron chi connectivity index (χ2n) is 7.86. The van der Waals surface area contributed by atoms with E-state index in [9.17, 15) is 0 Å². The number of nitrogens with one attached hydrogen (secondary N) is 1. The summed E-state index contributed by atoms with van der Waals surface area (Å²) in [6, 6.07) is 29.0. The topological polar surface area (TPSA) is 15.3 Å². The Bertz CT molecular complexity index is 1020. The van der Waals surface area contributed by atoms with Crippen LogP contribution < -0.4 is 10.2 Å². The lowest BCUT2D eigenvalue weighted by Crippen LogP contribution is -2.31. The SMILES string of the molecule is CN1c2ccccc2C2=C(CC(NCc3ccccc3)CC2)c2ccccc21. The molecule has 1 aliphatic heterocycles. The molecule has 3 aromatic rings. The average molecular weight is 367 g/mol. The number of rotatable bonds is 3. The lowest BCUT2D eigenvalue weighted by atomic mass is 9.81. The van der Waals surface area contributed by atoms with Crippen LogP contribution in [0.3, 0.4) is 0 Å². The summed E-state index contributed by atoms with van der Waals surface area (Å²) < 4.78 is 0. The molecule has 5 rings (SSSR count). The number of para-hydroxylation sites is 2. The van der Waals surface area contributed by atoms with Crippen molar-refractivity contribution in [2.75, 3.05) is 11.9 Å². The summed E-state index contributed by atoms with van der Waals surface area (Å²) in [5.41, 5.74) is 9.82. The van der Waals surface area contributed by atoms with Crippen molar-refractivity contribution in [1.82, 2.24) is 5.32 Å². The van der Waals surface area contributed by atoms with Gasteiger partial charge in [0.1, 0.15) is 0 Å². The van der Waals surface area contributed by atoms with Gasteiger partial charge in [-0.25, -0.2) is 0 Å². The van der Waals surface area contributed by atoms with E-state index in [4.69, 9.17) is 0 Å². The lowest BCUT2D eigenvalue weighted by Gasteiger charge is -2.28. The molecule has 1 aliphatic carbocycles. The molecule has 0 saturated heterocycles. The smallest absolute Gasteiger partial charge is 0.0484 e. The summed E-state index contributed by atoms with van der Waals surface area (Å²) in [6.07, 6.45) is 3.40. The first kappa shape index (κ1) is 17.3. The van der Waals surface area contributed by atoms with E-state index in [2.05, 4.69) is 96.1 Å². The minimum Gasteiger partial charge on any atom is -0.344 e. The summed E-state index contributed by atoms with van der Waals surface area (Å²) in [4.78, 5) is 2.36. The molecule has 140 valence electrons. The van der Waals surface area contributed by atoms with Crippen LogP contribution in [-0.4, -0.2) is 13.1 Å². The Hall–Kier alpha value is -2.84. The highest BCUT2D eigenvalue weighted by molar-refractivity contribution is 6.01. The van der Waals surface area contributed by atoms with Gasteiger partial charge in [0, 0.05) is 42.1 Å². The van der Waals surface area contributed by atoms with Crippen molar-refractivity contribution in [2.24, 2.45) is 0 Å². The fraction of sp³-hybridized carbons (Fsp3) is 0.231. The Morgan fingerprint density at radius 1 is 0.786 bits per heavy atom. The van der Waals surface area contributed by atoms with Crippen molar-refractivity contribution < 1.29 is 0 Å². The molecule has 0 spiro atoms. The number of anilines is 2. The standard InChI is InChI=1S/C26H26N2/c1-28-25-13-7-5-11-22(25)21-16-15-20(27-18-19-9-3-2-4-10-19)17-24(21)23-12-6-8-14-26(23)28/h2-14,20,27H,15-18H2,1H3. The fourth-order valence-corrected chi connectivity index (χ4v) is 4.72. The van der Waals surface area contributed by atoms with Crippen LogP contribution >= 0.6 is 0 Å². The number of hydrogen-bond donors (Lipinski definition) is 1. The molecule has 3 aromatic carbocycles. The molecule has 0 aromatic heterocycles. The number of allylic oxidation sites excluding steroid dienone is 1. The molecule has 2 aliphatic rings. The molecule has 0 fully saturated rings. The number of fused-ring (bicyclic) bond motifs is 4. The van der Waals surface area contributed by atoms with E-state index >= 15 is 0 Å². The highest BCUT2D eigenvalue weighted by Crippen LogP contribution is 2.48. The molecule has 0 amide bonds. The molecule has 1 heterocycles. The minimum absolute atomic E-state index is 0.516. The Morgan fingerprint density at radius 2 is 1.39 bits per heavy atom. The summed E-state index contributed by atoms with van der Waals surface area (Å²) in [5, 5.41) is 3.81. The van der Waals surface area contributed by atoms with Crippen molar-refractivity contribution in [3.63, 3.8) is 0 Å². The fourth-order valence-electron chi connectivity index (χ4n) is 4.72. The molecular weight excluding hydrogens is 340 g/mol. The molecule has 0 bridgehead atoms. The largest absolute Gasteiger partial charge is 0.344 e. The van der Waals surface area contributed by atoms with Gasteiger partial charge in [-0.3, -0.25) is 0 Å². The van der Waals surface area contributed by atoms with E-state index in [0.29, 0.717) is 6.04 Å². The Morgan fingerprint density at radius 3 is 2.11 bits per heavy atom. The highest BCUT2D eigenvalue weighted by atomic mass is 15.1. The van der Waals surface area contributed by atoms with Crippen LogP contribution in [0, 0.1) is 0 Å². The lowest BCUT2D eigenvalue weighted by molar-refractivity contribution is 0.485. The van der Waals surface area contributed by atoms with Gasteiger partial charge in [-0.1, -0.05) is 66.7 Å². The first-order valence-corrected chi connectivity index (χ1v) is 10.2. The summed E-state index contributed by atoms with van der Waals surface area (Å²) in [7, 11) is 2.20.